The predicted octanol–water partition coefficient (Wildman–Crippen LogP) is 0.364. The third-order valence-corrected chi connectivity index (χ3v) is 6.35. The van der Waals surface area contributed by atoms with Gasteiger partial charge < -0.3 is 10.5 Å². The molecular formula is C15H22N4O4S. The lowest BCUT2D eigenvalue weighted by atomic mass is 10.1. The molecule has 0 aromatic carbocycles. The lowest BCUT2D eigenvalue weighted by Gasteiger charge is -2.34. The van der Waals surface area contributed by atoms with Crippen LogP contribution in [0.5, 0.6) is 5.75 Å². The van der Waals surface area contributed by atoms with Crippen molar-refractivity contribution >= 4 is 16.1 Å². The second-order valence-electron chi connectivity index (χ2n) is 6.10. The van der Waals surface area contributed by atoms with Crippen LogP contribution in [0.1, 0.15) is 36.2 Å². The zero-order valence-corrected chi connectivity index (χ0v) is 14.2. The number of amides is 1. The van der Waals surface area contributed by atoms with Crippen molar-refractivity contribution in [3.05, 3.63) is 24.0 Å². The van der Waals surface area contributed by atoms with E-state index in [9.17, 15) is 13.2 Å². The minimum absolute atomic E-state index is 0.129. The molecule has 132 valence electrons. The molecule has 3 heterocycles. The van der Waals surface area contributed by atoms with Crippen molar-refractivity contribution in [3.8, 4) is 5.75 Å². The van der Waals surface area contributed by atoms with Crippen molar-refractivity contribution in [3.63, 3.8) is 0 Å². The Hall–Kier alpha value is -1.71. The van der Waals surface area contributed by atoms with Gasteiger partial charge in [-0.25, -0.2) is 0 Å². The van der Waals surface area contributed by atoms with Crippen molar-refractivity contribution in [2.75, 3.05) is 26.2 Å². The maximum atomic E-state index is 12.7. The zero-order valence-electron chi connectivity index (χ0n) is 13.4. The van der Waals surface area contributed by atoms with Gasteiger partial charge in [0, 0.05) is 31.9 Å². The van der Waals surface area contributed by atoms with E-state index in [4.69, 9.17) is 10.5 Å². The molecule has 0 spiro atoms. The largest absolute Gasteiger partial charge is 0.489 e. The average Bonchev–Trinajstić information content (AvgIpc) is 3.10. The summed E-state index contributed by atoms with van der Waals surface area (Å²) in [5, 5.41) is 0. The number of hydrogen-bond donors (Lipinski definition) is 1. The number of hydrogen-bond acceptors (Lipinski definition) is 5. The summed E-state index contributed by atoms with van der Waals surface area (Å²) in [6, 6.07) is 3.12. The number of carbonyl (C=O) groups is 1. The summed E-state index contributed by atoms with van der Waals surface area (Å²) in [5.41, 5.74) is 5.34. The molecular weight excluding hydrogens is 332 g/mol. The molecule has 1 aromatic heterocycles. The lowest BCUT2D eigenvalue weighted by molar-refractivity contribution is 0.0993. The molecule has 2 aliphatic rings. The van der Waals surface area contributed by atoms with Crippen LogP contribution < -0.4 is 10.5 Å². The van der Waals surface area contributed by atoms with Gasteiger partial charge in [-0.05, 0) is 31.7 Å². The number of piperidine rings is 1. The van der Waals surface area contributed by atoms with Crippen molar-refractivity contribution in [2.24, 2.45) is 5.73 Å². The quantitative estimate of drug-likeness (QED) is 0.822. The van der Waals surface area contributed by atoms with Crippen LogP contribution in [0.4, 0.5) is 0 Å². The summed E-state index contributed by atoms with van der Waals surface area (Å²) >= 11 is 0. The Morgan fingerprint density at radius 2 is 1.92 bits per heavy atom. The van der Waals surface area contributed by atoms with Crippen LogP contribution in [0.15, 0.2) is 18.3 Å². The van der Waals surface area contributed by atoms with Gasteiger partial charge in [0.15, 0.2) is 0 Å². The van der Waals surface area contributed by atoms with E-state index in [0.717, 1.165) is 25.7 Å². The Labute approximate surface area is 141 Å². The van der Waals surface area contributed by atoms with Crippen LogP contribution in [-0.4, -0.2) is 60.2 Å². The second-order valence-corrected chi connectivity index (χ2v) is 8.02. The number of nitrogens with two attached hydrogens (primary N) is 1. The van der Waals surface area contributed by atoms with E-state index < -0.39 is 16.1 Å². The molecule has 0 radical (unpaired) electrons. The van der Waals surface area contributed by atoms with E-state index in [2.05, 4.69) is 4.98 Å². The summed E-state index contributed by atoms with van der Waals surface area (Å²) in [5.74, 6) is -0.147. The van der Waals surface area contributed by atoms with Gasteiger partial charge in [0.05, 0.1) is 6.54 Å². The van der Waals surface area contributed by atoms with Crippen molar-refractivity contribution in [1.82, 2.24) is 13.6 Å². The topological polar surface area (TPSA) is 106 Å². The highest BCUT2D eigenvalue weighted by molar-refractivity contribution is 7.86. The van der Waals surface area contributed by atoms with Gasteiger partial charge in [0.1, 0.15) is 17.5 Å². The molecule has 3 rings (SSSR count). The number of rotatable bonds is 5. The molecule has 0 saturated carbocycles. The molecule has 0 bridgehead atoms. The fraction of sp³-hybridized carbons (Fsp3) is 0.600. The molecule has 1 aromatic rings. The van der Waals surface area contributed by atoms with Crippen molar-refractivity contribution in [1.29, 1.82) is 0 Å². The number of nitrogens with zero attached hydrogens (tertiary/aromatic N) is 3. The molecule has 8 nitrogen and oxygen atoms in total. The Bertz CT molecular complexity index is 703. The number of pyridine rings is 1. The Morgan fingerprint density at radius 3 is 2.62 bits per heavy atom. The van der Waals surface area contributed by atoms with Crippen LogP contribution >= 0.6 is 0 Å². The molecule has 1 atom stereocenters. The summed E-state index contributed by atoms with van der Waals surface area (Å²) in [7, 11) is -3.41. The molecule has 2 N–H and O–H groups in total. The van der Waals surface area contributed by atoms with Gasteiger partial charge in [-0.3, -0.25) is 9.78 Å². The summed E-state index contributed by atoms with van der Waals surface area (Å²) < 4.78 is 34.2. The normalized spacial score (nSPS) is 23.2. The van der Waals surface area contributed by atoms with Gasteiger partial charge in [-0.15, -0.1) is 0 Å². The van der Waals surface area contributed by atoms with Crippen LogP contribution in [0.2, 0.25) is 0 Å². The van der Waals surface area contributed by atoms with E-state index in [0.29, 0.717) is 31.9 Å². The van der Waals surface area contributed by atoms with E-state index in [1.165, 1.54) is 16.6 Å². The van der Waals surface area contributed by atoms with Gasteiger partial charge in [-0.2, -0.15) is 17.0 Å². The number of aromatic nitrogens is 1. The first-order valence-electron chi connectivity index (χ1n) is 8.14. The van der Waals surface area contributed by atoms with Crippen LogP contribution in [0.3, 0.4) is 0 Å². The number of ether oxygens (including phenoxy) is 1. The minimum Gasteiger partial charge on any atom is -0.489 e. The highest BCUT2D eigenvalue weighted by Crippen LogP contribution is 2.23. The third-order valence-electron chi connectivity index (χ3n) is 4.35. The molecule has 24 heavy (non-hydrogen) atoms. The summed E-state index contributed by atoms with van der Waals surface area (Å²) in [4.78, 5) is 15.1. The first-order valence-corrected chi connectivity index (χ1v) is 9.54. The monoisotopic (exact) mass is 354 g/mol. The predicted molar refractivity (Wildman–Crippen MR) is 87.7 cm³/mol. The van der Waals surface area contributed by atoms with Crippen LogP contribution in [0, 0.1) is 0 Å². The first kappa shape index (κ1) is 17.1. The average molecular weight is 354 g/mol. The van der Waals surface area contributed by atoms with E-state index in [1.54, 1.807) is 10.4 Å². The number of primary amides is 1. The van der Waals surface area contributed by atoms with E-state index in [1.807, 2.05) is 0 Å². The minimum atomic E-state index is -3.41. The fourth-order valence-corrected chi connectivity index (χ4v) is 4.87. The molecule has 0 aliphatic carbocycles. The smallest absolute Gasteiger partial charge is 0.282 e. The van der Waals surface area contributed by atoms with Crippen LogP contribution in [-0.2, 0) is 10.2 Å². The van der Waals surface area contributed by atoms with Gasteiger partial charge in [0.2, 0.25) is 0 Å². The molecule has 2 fully saturated rings. The highest BCUT2D eigenvalue weighted by Gasteiger charge is 2.35. The van der Waals surface area contributed by atoms with Gasteiger partial charge in [0.25, 0.3) is 16.1 Å². The van der Waals surface area contributed by atoms with E-state index in [-0.39, 0.29) is 11.8 Å². The van der Waals surface area contributed by atoms with Crippen molar-refractivity contribution < 1.29 is 17.9 Å². The summed E-state index contributed by atoms with van der Waals surface area (Å²) in [6.07, 6.45) is 4.54. The maximum Gasteiger partial charge on any atom is 0.282 e. The molecule has 9 heteroatoms. The zero-order chi connectivity index (χ0) is 17.2. The first-order chi connectivity index (χ1) is 11.5. The van der Waals surface area contributed by atoms with E-state index >= 15 is 0 Å². The molecule has 2 aliphatic heterocycles. The van der Waals surface area contributed by atoms with Gasteiger partial charge in [-0.1, -0.05) is 0 Å². The SMILES string of the molecule is NC(=O)c1cc(OC2CCCN(S(=O)(=O)N3CCCC3)C2)ccn1. The molecule has 1 amide bonds. The molecule has 2 saturated heterocycles. The summed E-state index contributed by atoms with van der Waals surface area (Å²) in [6.45, 7) is 2.02. The highest BCUT2D eigenvalue weighted by atomic mass is 32.2. The maximum absolute atomic E-state index is 12.7. The van der Waals surface area contributed by atoms with Crippen LogP contribution in [0.25, 0.3) is 0 Å². The van der Waals surface area contributed by atoms with Crippen molar-refractivity contribution in [2.45, 2.75) is 31.8 Å². The molecule has 1 unspecified atom stereocenters. The second kappa shape index (κ2) is 7.04. The van der Waals surface area contributed by atoms with Gasteiger partial charge >= 0.3 is 0 Å². The Balaban J connectivity index is 1.67. The lowest BCUT2D eigenvalue weighted by Crippen LogP contribution is -2.49. The Kier molecular flexibility index (Phi) is 5.02. The number of carbonyl (C=O) groups excluding carboxylic acids is 1. The standard InChI is InChI=1S/C15H22N4O4S/c16-15(20)14-10-12(5-6-17-14)23-13-4-3-9-19(11-13)24(21,22)18-7-1-2-8-18/h5-6,10,13H,1-4,7-9,11H2,(H2,16,20). The Morgan fingerprint density at radius 1 is 1.21 bits per heavy atom. The fourth-order valence-electron chi connectivity index (χ4n) is 3.10. The third kappa shape index (κ3) is 3.68.